The predicted molar refractivity (Wildman–Crippen MR) is 84.9 cm³/mol. The number of carbonyl (C=O) groups excluding carboxylic acids is 1. The van der Waals surface area contributed by atoms with Gasteiger partial charge in [0, 0.05) is 25.6 Å². The highest BCUT2D eigenvalue weighted by Crippen LogP contribution is 2.21. The molecule has 0 aliphatic rings. The number of aliphatic carboxylic acids is 1. The molecule has 0 spiro atoms. The lowest BCUT2D eigenvalue weighted by atomic mass is 10.2. The molecule has 6 heteroatoms. The number of oxazole rings is 1. The van der Waals surface area contributed by atoms with E-state index in [4.69, 9.17) is 9.52 Å². The summed E-state index contributed by atoms with van der Waals surface area (Å²) in [6, 6.07) is 9.51. The van der Waals surface area contributed by atoms with Crippen molar-refractivity contribution >= 4 is 11.9 Å². The Balaban J connectivity index is 1.98. The highest BCUT2D eigenvalue weighted by Gasteiger charge is 2.17. The van der Waals surface area contributed by atoms with Gasteiger partial charge < -0.3 is 14.4 Å². The normalized spacial score (nSPS) is 10.5. The van der Waals surface area contributed by atoms with E-state index < -0.39 is 5.97 Å². The first kappa shape index (κ1) is 16.7. The first-order valence-electron chi connectivity index (χ1n) is 7.45. The number of carboxylic acids is 1. The number of nitrogens with zero attached hydrogens (tertiary/aromatic N) is 2. The van der Waals surface area contributed by atoms with Gasteiger partial charge in [-0.3, -0.25) is 9.59 Å². The monoisotopic (exact) mass is 316 g/mol. The highest BCUT2D eigenvalue weighted by molar-refractivity contribution is 5.78. The molecule has 23 heavy (non-hydrogen) atoms. The van der Waals surface area contributed by atoms with Crippen molar-refractivity contribution < 1.29 is 19.1 Å². The summed E-state index contributed by atoms with van der Waals surface area (Å²) >= 11 is 0. The van der Waals surface area contributed by atoms with Gasteiger partial charge in [0.25, 0.3) is 0 Å². The molecule has 2 rings (SSSR count). The molecule has 0 aliphatic carbocycles. The molecule has 0 aliphatic heterocycles. The number of benzene rings is 1. The summed E-state index contributed by atoms with van der Waals surface area (Å²) in [6.07, 6.45) is 0.634. The zero-order valence-corrected chi connectivity index (χ0v) is 13.3. The Morgan fingerprint density at radius 1 is 1.26 bits per heavy atom. The van der Waals surface area contributed by atoms with E-state index in [-0.39, 0.29) is 18.7 Å². The van der Waals surface area contributed by atoms with E-state index in [0.29, 0.717) is 30.3 Å². The van der Waals surface area contributed by atoms with Crippen LogP contribution in [0.1, 0.15) is 24.3 Å². The Morgan fingerprint density at radius 2 is 1.96 bits per heavy atom. The number of aromatic nitrogens is 1. The molecule has 6 nitrogen and oxygen atoms in total. The lowest BCUT2D eigenvalue weighted by molar-refractivity contribution is -0.138. The number of carboxylic acid groups (broad SMARTS) is 1. The van der Waals surface area contributed by atoms with Crippen molar-refractivity contribution in [1.29, 1.82) is 0 Å². The smallest absolute Gasteiger partial charge is 0.303 e. The summed E-state index contributed by atoms with van der Waals surface area (Å²) < 4.78 is 5.63. The summed E-state index contributed by atoms with van der Waals surface area (Å²) in [5, 5.41) is 8.62. The van der Waals surface area contributed by atoms with E-state index in [2.05, 4.69) is 4.98 Å². The van der Waals surface area contributed by atoms with E-state index in [0.717, 1.165) is 5.56 Å². The van der Waals surface area contributed by atoms with Gasteiger partial charge >= 0.3 is 5.97 Å². The van der Waals surface area contributed by atoms with Crippen molar-refractivity contribution in [3.05, 3.63) is 41.8 Å². The van der Waals surface area contributed by atoms with Crippen LogP contribution in [-0.4, -0.2) is 40.5 Å². The summed E-state index contributed by atoms with van der Waals surface area (Å²) in [5.41, 5.74) is 1.48. The average molecular weight is 316 g/mol. The molecule has 0 radical (unpaired) electrons. The third kappa shape index (κ3) is 4.67. The lowest BCUT2D eigenvalue weighted by Gasteiger charge is -2.15. The van der Waals surface area contributed by atoms with Crippen LogP contribution in [-0.2, 0) is 16.0 Å². The van der Waals surface area contributed by atoms with Crippen molar-refractivity contribution in [2.24, 2.45) is 0 Å². The standard InChI is InChI=1S/C17H20N2O4/c1-12-14(11-15(20)19(2)10-6-9-16(21)22)18-17(23-12)13-7-4-3-5-8-13/h3-5,7-8H,6,9-11H2,1-2H3,(H,21,22). The van der Waals surface area contributed by atoms with Crippen molar-refractivity contribution in [3.8, 4) is 11.5 Å². The zero-order chi connectivity index (χ0) is 16.8. The molecule has 1 heterocycles. The number of hydrogen-bond acceptors (Lipinski definition) is 4. The van der Waals surface area contributed by atoms with Crippen molar-refractivity contribution in [2.45, 2.75) is 26.2 Å². The second-order valence-electron chi connectivity index (χ2n) is 5.38. The Bertz CT molecular complexity index is 679. The Hall–Kier alpha value is -2.63. The molecule has 0 bridgehead atoms. The van der Waals surface area contributed by atoms with Crippen molar-refractivity contribution in [1.82, 2.24) is 9.88 Å². The van der Waals surface area contributed by atoms with E-state index in [1.54, 1.807) is 14.0 Å². The molecule has 1 amide bonds. The number of amides is 1. The fourth-order valence-electron chi connectivity index (χ4n) is 2.17. The minimum atomic E-state index is -0.856. The molecule has 0 saturated heterocycles. The largest absolute Gasteiger partial charge is 0.481 e. The molecular weight excluding hydrogens is 296 g/mol. The van der Waals surface area contributed by atoms with Crippen LogP contribution >= 0.6 is 0 Å². The predicted octanol–water partition coefficient (Wildman–Crippen LogP) is 2.52. The second kappa shape index (κ2) is 7.58. The van der Waals surface area contributed by atoms with Crippen LogP contribution in [0, 0.1) is 6.92 Å². The number of likely N-dealkylation sites (N-methyl/N-ethyl adjacent to an activating group) is 1. The number of hydrogen-bond donors (Lipinski definition) is 1. The number of aryl methyl sites for hydroxylation is 1. The van der Waals surface area contributed by atoms with Gasteiger partial charge in [0.2, 0.25) is 11.8 Å². The SMILES string of the molecule is Cc1oc(-c2ccccc2)nc1CC(=O)N(C)CCCC(=O)O. The van der Waals surface area contributed by atoms with Crippen molar-refractivity contribution in [3.63, 3.8) is 0 Å². The third-order valence-corrected chi connectivity index (χ3v) is 3.54. The maximum absolute atomic E-state index is 12.2. The summed E-state index contributed by atoms with van der Waals surface area (Å²) in [6.45, 7) is 2.19. The van der Waals surface area contributed by atoms with Crippen LogP contribution in [0.15, 0.2) is 34.7 Å². The van der Waals surface area contributed by atoms with Crippen LogP contribution in [0.3, 0.4) is 0 Å². The molecule has 0 fully saturated rings. The van der Waals surface area contributed by atoms with Gasteiger partial charge in [-0.25, -0.2) is 4.98 Å². The van der Waals surface area contributed by atoms with Gasteiger partial charge in [0.1, 0.15) is 5.76 Å². The van der Waals surface area contributed by atoms with Gasteiger partial charge in [-0.05, 0) is 25.5 Å². The summed E-state index contributed by atoms with van der Waals surface area (Å²) in [7, 11) is 1.66. The molecule has 2 aromatic rings. The third-order valence-electron chi connectivity index (χ3n) is 3.54. The van der Waals surface area contributed by atoms with Crippen LogP contribution in [0.25, 0.3) is 11.5 Å². The van der Waals surface area contributed by atoms with Gasteiger partial charge in [0.05, 0.1) is 12.1 Å². The van der Waals surface area contributed by atoms with E-state index in [1.807, 2.05) is 30.3 Å². The van der Waals surface area contributed by atoms with Crippen LogP contribution in [0.4, 0.5) is 0 Å². The first-order valence-corrected chi connectivity index (χ1v) is 7.45. The Kier molecular flexibility index (Phi) is 5.51. The molecule has 0 unspecified atom stereocenters. The minimum absolute atomic E-state index is 0.0543. The van der Waals surface area contributed by atoms with Crippen LogP contribution in [0.2, 0.25) is 0 Å². The maximum Gasteiger partial charge on any atom is 0.303 e. The molecule has 0 saturated carbocycles. The van der Waals surface area contributed by atoms with Crippen LogP contribution < -0.4 is 0 Å². The van der Waals surface area contributed by atoms with E-state index in [9.17, 15) is 9.59 Å². The van der Waals surface area contributed by atoms with E-state index in [1.165, 1.54) is 4.90 Å². The fraction of sp³-hybridized carbons (Fsp3) is 0.353. The van der Waals surface area contributed by atoms with Gasteiger partial charge in [-0.15, -0.1) is 0 Å². The topological polar surface area (TPSA) is 83.6 Å². The molecule has 1 aromatic heterocycles. The van der Waals surface area contributed by atoms with Crippen molar-refractivity contribution in [2.75, 3.05) is 13.6 Å². The van der Waals surface area contributed by atoms with E-state index >= 15 is 0 Å². The van der Waals surface area contributed by atoms with Gasteiger partial charge in [-0.2, -0.15) is 0 Å². The average Bonchev–Trinajstić information content (AvgIpc) is 2.88. The lowest BCUT2D eigenvalue weighted by Crippen LogP contribution is -2.29. The van der Waals surface area contributed by atoms with Gasteiger partial charge in [0.15, 0.2) is 0 Å². The maximum atomic E-state index is 12.2. The number of carbonyl (C=O) groups is 2. The molecule has 0 atom stereocenters. The second-order valence-corrected chi connectivity index (χ2v) is 5.38. The van der Waals surface area contributed by atoms with Gasteiger partial charge in [-0.1, -0.05) is 18.2 Å². The fourth-order valence-corrected chi connectivity index (χ4v) is 2.17. The highest BCUT2D eigenvalue weighted by atomic mass is 16.4. The molecule has 1 aromatic carbocycles. The molecule has 1 N–H and O–H groups in total. The van der Waals surface area contributed by atoms with Crippen LogP contribution in [0.5, 0.6) is 0 Å². The zero-order valence-electron chi connectivity index (χ0n) is 13.3. The summed E-state index contributed by atoms with van der Waals surface area (Å²) in [5.74, 6) is 0.160. The molecular formula is C17H20N2O4. The number of rotatable bonds is 7. The Labute approximate surface area is 134 Å². The quantitative estimate of drug-likeness (QED) is 0.848. The summed E-state index contributed by atoms with van der Waals surface area (Å²) in [4.78, 5) is 28.6. The molecule has 122 valence electrons. The Morgan fingerprint density at radius 3 is 2.61 bits per heavy atom. The first-order chi connectivity index (χ1) is 11.0. The minimum Gasteiger partial charge on any atom is -0.481 e.